The molecule has 1 aromatic heterocycles. The first kappa shape index (κ1) is 10.0. The van der Waals surface area contributed by atoms with Crippen LogP contribution >= 0.6 is 0 Å². The molecule has 5 nitrogen and oxygen atoms in total. The van der Waals surface area contributed by atoms with E-state index in [0.29, 0.717) is 5.82 Å². The summed E-state index contributed by atoms with van der Waals surface area (Å²) >= 11 is 0. The maximum Gasteiger partial charge on any atom is 0.160 e. The van der Waals surface area contributed by atoms with Gasteiger partial charge in [-0.15, -0.1) is 0 Å². The predicted octanol–water partition coefficient (Wildman–Crippen LogP) is 1.28. The van der Waals surface area contributed by atoms with Gasteiger partial charge >= 0.3 is 0 Å². The molecular formula is C12H13N5. The molecule has 0 fully saturated rings. The van der Waals surface area contributed by atoms with Gasteiger partial charge in [-0.05, 0) is 11.1 Å². The van der Waals surface area contributed by atoms with Gasteiger partial charge in [-0.1, -0.05) is 24.3 Å². The van der Waals surface area contributed by atoms with Crippen LogP contribution in [0.2, 0.25) is 0 Å². The smallest absolute Gasteiger partial charge is 0.160 e. The van der Waals surface area contributed by atoms with Crippen LogP contribution < -0.4 is 16.2 Å². The first-order valence-electron chi connectivity index (χ1n) is 5.47. The molecule has 3 N–H and O–H groups in total. The number of aromatic nitrogens is 2. The second-order valence-electron chi connectivity index (χ2n) is 4.03. The topological polar surface area (TPSA) is 67.1 Å². The van der Waals surface area contributed by atoms with E-state index in [9.17, 15) is 0 Å². The molecule has 1 aliphatic rings. The normalized spacial score (nSPS) is 13.6. The molecule has 0 saturated carbocycles. The highest BCUT2D eigenvalue weighted by atomic mass is 15.3. The summed E-state index contributed by atoms with van der Waals surface area (Å²) in [6, 6.07) is 8.42. The van der Waals surface area contributed by atoms with Gasteiger partial charge in [0.1, 0.15) is 5.82 Å². The molecule has 0 saturated heterocycles. The predicted molar refractivity (Wildman–Crippen MR) is 66.2 cm³/mol. The average Bonchev–Trinajstić information content (AvgIpc) is 2.82. The number of nitrogens with one attached hydrogen (secondary N) is 1. The molecule has 1 aromatic carbocycles. The zero-order valence-corrected chi connectivity index (χ0v) is 9.30. The second-order valence-corrected chi connectivity index (χ2v) is 4.03. The summed E-state index contributed by atoms with van der Waals surface area (Å²) in [7, 11) is 0. The number of anilines is 2. The molecule has 5 heteroatoms. The molecule has 0 spiro atoms. The lowest BCUT2D eigenvalue weighted by molar-refractivity contribution is 0.850. The van der Waals surface area contributed by atoms with E-state index >= 15 is 0 Å². The van der Waals surface area contributed by atoms with Gasteiger partial charge in [-0.3, -0.25) is 4.98 Å². The first-order valence-corrected chi connectivity index (χ1v) is 5.47. The van der Waals surface area contributed by atoms with Crippen molar-refractivity contribution in [2.45, 2.75) is 13.1 Å². The number of rotatable bonds is 2. The van der Waals surface area contributed by atoms with Crippen molar-refractivity contribution >= 4 is 11.6 Å². The van der Waals surface area contributed by atoms with E-state index in [1.54, 1.807) is 12.4 Å². The molecule has 17 heavy (non-hydrogen) atoms. The van der Waals surface area contributed by atoms with Gasteiger partial charge < -0.3 is 10.3 Å². The Hall–Kier alpha value is -2.14. The number of nitrogen functional groups attached to an aromatic ring is 1. The summed E-state index contributed by atoms with van der Waals surface area (Å²) in [6.07, 6.45) is 3.36. The van der Waals surface area contributed by atoms with E-state index < -0.39 is 0 Å². The van der Waals surface area contributed by atoms with Crippen LogP contribution in [0.25, 0.3) is 0 Å². The number of hydrogen-bond acceptors (Lipinski definition) is 5. The van der Waals surface area contributed by atoms with E-state index in [1.807, 2.05) is 0 Å². The van der Waals surface area contributed by atoms with Crippen molar-refractivity contribution < 1.29 is 0 Å². The third kappa shape index (κ3) is 1.81. The number of hydrogen-bond donors (Lipinski definition) is 2. The monoisotopic (exact) mass is 227 g/mol. The fourth-order valence-corrected chi connectivity index (χ4v) is 2.07. The lowest BCUT2D eigenvalue weighted by Gasteiger charge is -2.16. The molecule has 0 bridgehead atoms. The third-order valence-corrected chi connectivity index (χ3v) is 2.93. The highest BCUT2D eigenvalue weighted by molar-refractivity contribution is 5.48. The molecule has 3 rings (SSSR count). The molecule has 2 heterocycles. The van der Waals surface area contributed by atoms with Crippen LogP contribution in [-0.4, -0.2) is 9.97 Å². The fourth-order valence-electron chi connectivity index (χ4n) is 2.07. The molecule has 2 aromatic rings. The fraction of sp³-hybridized carbons (Fsp3) is 0.167. The Kier molecular flexibility index (Phi) is 2.38. The zero-order valence-electron chi connectivity index (χ0n) is 9.30. The lowest BCUT2D eigenvalue weighted by Crippen LogP contribution is -2.18. The Morgan fingerprint density at radius 3 is 2.47 bits per heavy atom. The summed E-state index contributed by atoms with van der Waals surface area (Å²) < 4.78 is 0. The third-order valence-electron chi connectivity index (χ3n) is 2.93. The first-order chi connectivity index (χ1) is 8.36. The van der Waals surface area contributed by atoms with Gasteiger partial charge in [0.25, 0.3) is 0 Å². The molecule has 0 amide bonds. The Morgan fingerprint density at radius 1 is 1.12 bits per heavy atom. The van der Waals surface area contributed by atoms with Crippen molar-refractivity contribution in [1.82, 2.24) is 9.97 Å². The summed E-state index contributed by atoms with van der Waals surface area (Å²) in [5.41, 5.74) is 5.21. The van der Waals surface area contributed by atoms with Crippen LogP contribution in [0.4, 0.5) is 11.6 Å². The molecular weight excluding hydrogens is 214 g/mol. The molecule has 1 aliphatic heterocycles. The standard InChI is InChI=1S/C12H13N5/c13-16-11-5-14-6-12(15-11)17-7-9-3-1-2-4-10(9)8-17/h1-6H,7-8,13H2,(H,15,16). The van der Waals surface area contributed by atoms with E-state index in [-0.39, 0.29) is 0 Å². The van der Waals surface area contributed by atoms with Crippen molar-refractivity contribution in [2.75, 3.05) is 10.3 Å². The Balaban J connectivity index is 1.88. The minimum absolute atomic E-state index is 0.582. The van der Waals surface area contributed by atoms with Gasteiger partial charge in [-0.2, -0.15) is 0 Å². The summed E-state index contributed by atoms with van der Waals surface area (Å²) in [5, 5.41) is 0. The maximum absolute atomic E-state index is 5.33. The Bertz CT molecular complexity index is 515. The van der Waals surface area contributed by atoms with Crippen molar-refractivity contribution in [3.63, 3.8) is 0 Å². The highest BCUT2D eigenvalue weighted by Gasteiger charge is 2.19. The molecule has 0 radical (unpaired) electrons. The van der Waals surface area contributed by atoms with Crippen molar-refractivity contribution in [2.24, 2.45) is 5.84 Å². The van der Waals surface area contributed by atoms with E-state index in [4.69, 9.17) is 5.84 Å². The molecule has 86 valence electrons. The average molecular weight is 227 g/mol. The number of benzene rings is 1. The van der Waals surface area contributed by atoms with Crippen LogP contribution in [0.1, 0.15) is 11.1 Å². The van der Waals surface area contributed by atoms with Gasteiger partial charge in [0, 0.05) is 13.1 Å². The minimum Gasteiger partial charge on any atom is -0.347 e. The van der Waals surface area contributed by atoms with Crippen molar-refractivity contribution in [1.29, 1.82) is 0 Å². The summed E-state index contributed by atoms with van der Waals surface area (Å²) in [6.45, 7) is 1.75. The Labute approximate surface area is 99.3 Å². The van der Waals surface area contributed by atoms with Crippen molar-refractivity contribution in [3.8, 4) is 0 Å². The largest absolute Gasteiger partial charge is 0.347 e. The van der Waals surface area contributed by atoms with E-state index in [1.165, 1.54) is 11.1 Å². The van der Waals surface area contributed by atoms with Crippen LogP contribution in [0.15, 0.2) is 36.7 Å². The number of nitrogens with two attached hydrogens (primary N) is 1. The number of hydrazine groups is 1. The van der Waals surface area contributed by atoms with Gasteiger partial charge in [0.05, 0.1) is 12.4 Å². The van der Waals surface area contributed by atoms with Gasteiger partial charge in [0.15, 0.2) is 5.82 Å². The highest BCUT2D eigenvalue weighted by Crippen LogP contribution is 2.26. The zero-order chi connectivity index (χ0) is 11.7. The minimum atomic E-state index is 0.582. The molecule has 0 aliphatic carbocycles. The van der Waals surface area contributed by atoms with E-state index in [0.717, 1.165) is 18.9 Å². The van der Waals surface area contributed by atoms with Crippen LogP contribution in [0.3, 0.4) is 0 Å². The SMILES string of the molecule is NNc1cncc(N2Cc3ccccc3C2)n1. The summed E-state index contributed by atoms with van der Waals surface area (Å²) in [5.74, 6) is 6.76. The second kappa shape index (κ2) is 4.03. The summed E-state index contributed by atoms with van der Waals surface area (Å²) in [4.78, 5) is 10.7. The van der Waals surface area contributed by atoms with Crippen LogP contribution in [0, 0.1) is 0 Å². The van der Waals surface area contributed by atoms with Crippen LogP contribution in [-0.2, 0) is 13.1 Å². The quantitative estimate of drug-likeness (QED) is 0.597. The maximum atomic E-state index is 5.33. The molecule has 0 unspecified atom stereocenters. The number of nitrogens with zero attached hydrogens (tertiary/aromatic N) is 3. The lowest BCUT2D eigenvalue weighted by atomic mass is 10.1. The van der Waals surface area contributed by atoms with Gasteiger partial charge in [0.2, 0.25) is 0 Å². The number of fused-ring (bicyclic) bond motifs is 1. The van der Waals surface area contributed by atoms with Crippen molar-refractivity contribution in [3.05, 3.63) is 47.8 Å². The van der Waals surface area contributed by atoms with E-state index in [2.05, 4.69) is 44.6 Å². The Morgan fingerprint density at radius 2 is 1.82 bits per heavy atom. The van der Waals surface area contributed by atoms with Gasteiger partial charge in [-0.25, -0.2) is 10.8 Å². The van der Waals surface area contributed by atoms with Crippen LogP contribution in [0.5, 0.6) is 0 Å². The molecule has 0 atom stereocenters.